The van der Waals surface area contributed by atoms with Crippen LogP contribution < -0.4 is 9.47 Å². The third-order valence-electron chi connectivity index (χ3n) is 4.89. The van der Waals surface area contributed by atoms with Gasteiger partial charge in [-0.25, -0.2) is 0 Å². The summed E-state index contributed by atoms with van der Waals surface area (Å²) in [4.78, 5) is 18.8. The number of ether oxygens (including phenoxy) is 2. The van der Waals surface area contributed by atoms with Gasteiger partial charge in [-0.15, -0.1) is 0 Å². The number of amides is 1. The molecule has 0 saturated carbocycles. The van der Waals surface area contributed by atoms with E-state index in [1.54, 1.807) is 19.1 Å². The van der Waals surface area contributed by atoms with Crippen molar-refractivity contribution < 1.29 is 18.8 Å². The molecule has 7 nitrogen and oxygen atoms in total. The number of benzene rings is 2. The standard InChI is InChI=1S/C21H21N3O4/c1-26-17-8-9-18(27-2)15(10-17)12-24-13-16(11-19(24)25)21-22-20(23-28-21)14-6-4-3-5-7-14/h3-10,16H,11-13H2,1-2H3. The molecule has 0 spiro atoms. The number of hydrogen-bond acceptors (Lipinski definition) is 6. The molecule has 4 rings (SSSR count). The molecule has 0 aliphatic carbocycles. The Bertz CT molecular complexity index is 971. The summed E-state index contributed by atoms with van der Waals surface area (Å²) in [7, 11) is 3.23. The minimum absolute atomic E-state index is 0.0503. The highest BCUT2D eigenvalue weighted by atomic mass is 16.5. The van der Waals surface area contributed by atoms with Crippen molar-refractivity contribution in [3.05, 3.63) is 60.0 Å². The number of nitrogens with zero attached hydrogens (tertiary/aromatic N) is 3. The van der Waals surface area contributed by atoms with Gasteiger partial charge in [-0.1, -0.05) is 35.5 Å². The van der Waals surface area contributed by atoms with Crippen molar-refractivity contribution >= 4 is 5.91 Å². The summed E-state index contributed by atoms with van der Waals surface area (Å²) in [6.07, 6.45) is 0.350. The molecule has 3 aromatic rings. The fourth-order valence-electron chi connectivity index (χ4n) is 3.41. The van der Waals surface area contributed by atoms with Crippen molar-refractivity contribution in [3.8, 4) is 22.9 Å². The van der Waals surface area contributed by atoms with Gasteiger partial charge in [0.05, 0.1) is 20.1 Å². The Balaban J connectivity index is 1.50. The normalized spacial score (nSPS) is 16.4. The van der Waals surface area contributed by atoms with Crippen LogP contribution in [0.3, 0.4) is 0 Å². The van der Waals surface area contributed by atoms with E-state index in [0.717, 1.165) is 22.6 Å². The van der Waals surface area contributed by atoms with Crippen molar-refractivity contribution in [2.75, 3.05) is 20.8 Å². The fourth-order valence-corrected chi connectivity index (χ4v) is 3.41. The van der Waals surface area contributed by atoms with Gasteiger partial charge in [-0.3, -0.25) is 4.79 Å². The highest BCUT2D eigenvalue weighted by Gasteiger charge is 2.34. The van der Waals surface area contributed by atoms with Crippen LogP contribution in [0.4, 0.5) is 0 Å². The average molecular weight is 379 g/mol. The molecule has 1 aliphatic rings. The lowest BCUT2D eigenvalue weighted by Crippen LogP contribution is -2.24. The lowest BCUT2D eigenvalue weighted by Gasteiger charge is -2.18. The van der Waals surface area contributed by atoms with Crippen LogP contribution >= 0.6 is 0 Å². The Hall–Kier alpha value is -3.35. The number of rotatable bonds is 6. The van der Waals surface area contributed by atoms with E-state index in [-0.39, 0.29) is 11.8 Å². The van der Waals surface area contributed by atoms with Crippen molar-refractivity contribution in [1.29, 1.82) is 0 Å². The molecule has 1 fully saturated rings. The zero-order chi connectivity index (χ0) is 19.5. The zero-order valence-corrected chi connectivity index (χ0v) is 15.8. The maximum absolute atomic E-state index is 12.6. The summed E-state index contributed by atoms with van der Waals surface area (Å²) in [6, 6.07) is 15.2. The Labute approximate surface area is 162 Å². The van der Waals surface area contributed by atoms with Gasteiger partial charge in [0.2, 0.25) is 17.6 Å². The second-order valence-electron chi connectivity index (χ2n) is 6.68. The van der Waals surface area contributed by atoms with Crippen LogP contribution in [0.15, 0.2) is 53.1 Å². The molecule has 1 atom stereocenters. The Morgan fingerprint density at radius 2 is 1.96 bits per heavy atom. The summed E-state index contributed by atoms with van der Waals surface area (Å²) in [5.74, 6) is 2.41. The number of carbonyl (C=O) groups excluding carboxylic acids is 1. The highest BCUT2D eigenvalue weighted by molar-refractivity contribution is 5.79. The van der Waals surface area contributed by atoms with Gasteiger partial charge in [-0.2, -0.15) is 4.98 Å². The molecular weight excluding hydrogens is 358 g/mol. The monoisotopic (exact) mass is 379 g/mol. The number of likely N-dealkylation sites (tertiary alicyclic amines) is 1. The zero-order valence-electron chi connectivity index (χ0n) is 15.8. The molecule has 0 N–H and O–H groups in total. The smallest absolute Gasteiger partial charge is 0.232 e. The Morgan fingerprint density at radius 1 is 1.14 bits per heavy atom. The van der Waals surface area contributed by atoms with Crippen molar-refractivity contribution in [1.82, 2.24) is 15.0 Å². The molecule has 1 saturated heterocycles. The first-order valence-corrected chi connectivity index (χ1v) is 9.05. The predicted octanol–water partition coefficient (Wildman–Crippen LogP) is 3.27. The van der Waals surface area contributed by atoms with E-state index in [4.69, 9.17) is 14.0 Å². The van der Waals surface area contributed by atoms with Gasteiger partial charge >= 0.3 is 0 Å². The van der Waals surface area contributed by atoms with E-state index < -0.39 is 0 Å². The molecule has 0 radical (unpaired) electrons. The summed E-state index contributed by atoms with van der Waals surface area (Å²) >= 11 is 0. The molecule has 1 amide bonds. The third kappa shape index (κ3) is 3.55. The lowest BCUT2D eigenvalue weighted by molar-refractivity contribution is -0.128. The first kappa shape index (κ1) is 18.0. The summed E-state index contributed by atoms with van der Waals surface area (Å²) in [5.41, 5.74) is 1.78. The quantitative estimate of drug-likeness (QED) is 0.654. The first-order valence-electron chi connectivity index (χ1n) is 9.05. The van der Waals surface area contributed by atoms with Crippen LogP contribution in [0.25, 0.3) is 11.4 Å². The van der Waals surface area contributed by atoms with Gasteiger partial charge in [0.1, 0.15) is 11.5 Å². The maximum Gasteiger partial charge on any atom is 0.232 e. The van der Waals surface area contributed by atoms with E-state index in [9.17, 15) is 4.79 Å². The van der Waals surface area contributed by atoms with Gasteiger partial charge in [-0.05, 0) is 18.2 Å². The molecule has 2 heterocycles. The average Bonchev–Trinajstić information content (AvgIpc) is 3.36. The van der Waals surface area contributed by atoms with Crippen LogP contribution in [0, 0.1) is 0 Å². The molecule has 1 aliphatic heterocycles. The SMILES string of the molecule is COc1ccc(OC)c(CN2CC(c3nc(-c4ccccc4)no3)CC2=O)c1. The largest absolute Gasteiger partial charge is 0.497 e. The minimum atomic E-state index is -0.117. The van der Waals surface area contributed by atoms with E-state index in [1.807, 2.05) is 48.5 Å². The molecule has 144 valence electrons. The topological polar surface area (TPSA) is 77.7 Å². The molecular formula is C21H21N3O4. The molecule has 7 heteroatoms. The van der Waals surface area contributed by atoms with Gasteiger partial charge in [0.25, 0.3) is 0 Å². The molecule has 0 bridgehead atoms. The Kier molecular flexibility index (Phi) is 4.97. The molecule has 1 unspecified atom stereocenters. The number of methoxy groups -OCH3 is 2. The third-order valence-corrected chi connectivity index (χ3v) is 4.89. The summed E-state index contributed by atoms with van der Waals surface area (Å²) in [5, 5.41) is 4.06. The van der Waals surface area contributed by atoms with Crippen LogP contribution in [0.2, 0.25) is 0 Å². The van der Waals surface area contributed by atoms with Crippen LogP contribution in [0.1, 0.15) is 23.8 Å². The van der Waals surface area contributed by atoms with Gasteiger partial charge in [0, 0.05) is 30.6 Å². The van der Waals surface area contributed by atoms with Gasteiger partial charge in [0.15, 0.2) is 0 Å². The highest BCUT2D eigenvalue weighted by Crippen LogP contribution is 2.32. The fraction of sp³-hybridized carbons (Fsp3) is 0.286. The summed E-state index contributed by atoms with van der Waals surface area (Å²) in [6.45, 7) is 0.963. The second-order valence-corrected chi connectivity index (χ2v) is 6.68. The predicted molar refractivity (Wildman–Crippen MR) is 102 cm³/mol. The van der Waals surface area contributed by atoms with Crippen molar-refractivity contribution in [3.63, 3.8) is 0 Å². The van der Waals surface area contributed by atoms with Crippen LogP contribution in [-0.4, -0.2) is 41.7 Å². The maximum atomic E-state index is 12.6. The van der Waals surface area contributed by atoms with E-state index in [1.165, 1.54) is 0 Å². The van der Waals surface area contributed by atoms with Crippen molar-refractivity contribution in [2.45, 2.75) is 18.9 Å². The van der Waals surface area contributed by atoms with Crippen molar-refractivity contribution in [2.24, 2.45) is 0 Å². The minimum Gasteiger partial charge on any atom is -0.497 e. The molecule has 1 aromatic heterocycles. The first-order chi connectivity index (χ1) is 13.7. The van der Waals surface area contributed by atoms with E-state index in [0.29, 0.717) is 31.2 Å². The van der Waals surface area contributed by atoms with Crippen LogP contribution in [-0.2, 0) is 11.3 Å². The number of carbonyl (C=O) groups is 1. The Morgan fingerprint density at radius 3 is 2.71 bits per heavy atom. The van der Waals surface area contributed by atoms with E-state index in [2.05, 4.69) is 10.1 Å². The summed E-state index contributed by atoms with van der Waals surface area (Å²) < 4.78 is 16.2. The second kappa shape index (κ2) is 7.72. The molecule has 2 aromatic carbocycles. The lowest BCUT2D eigenvalue weighted by atomic mass is 10.1. The number of aromatic nitrogens is 2. The van der Waals surface area contributed by atoms with Crippen LogP contribution in [0.5, 0.6) is 11.5 Å². The molecule has 28 heavy (non-hydrogen) atoms. The van der Waals surface area contributed by atoms with E-state index >= 15 is 0 Å². The van der Waals surface area contributed by atoms with Gasteiger partial charge < -0.3 is 18.9 Å². The number of hydrogen-bond donors (Lipinski definition) is 0.